The first-order valence-corrected chi connectivity index (χ1v) is 8.92. The second-order valence-corrected chi connectivity index (χ2v) is 7.91. The highest BCUT2D eigenvalue weighted by Crippen LogP contribution is 2.61. The molecule has 3 heteroatoms. The highest BCUT2D eigenvalue weighted by atomic mass is 79.9. The van der Waals surface area contributed by atoms with Crippen molar-refractivity contribution in [3.63, 3.8) is 0 Å². The number of Topliss-reactive ketones (excluding diaryl/α,β-unsaturated/α-hetero) is 1. The molecule has 0 unspecified atom stereocenters. The van der Waals surface area contributed by atoms with Gasteiger partial charge in [0.1, 0.15) is 5.76 Å². The Hall–Kier alpha value is -0.570. The molecule has 0 amide bonds. The largest absolute Gasteiger partial charge is 0.457 e. The Morgan fingerprint density at radius 2 is 1.80 bits per heavy atom. The van der Waals surface area contributed by atoms with E-state index in [1.165, 1.54) is 38.5 Å². The van der Waals surface area contributed by atoms with Gasteiger partial charge < -0.3 is 4.42 Å². The van der Waals surface area contributed by atoms with E-state index in [1.807, 2.05) is 0 Å². The van der Waals surface area contributed by atoms with Crippen molar-refractivity contribution in [1.29, 1.82) is 0 Å². The standard InChI is InChI=1S/C17H21BrO2/c1-10(19)16-14(9-18)5-15(20-16)17-6-11-2-12(7-17)4-13(3-11)8-17/h5,11-13H,2-4,6-9H2,1H3. The van der Waals surface area contributed by atoms with Gasteiger partial charge in [-0.05, 0) is 62.3 Å². The topological polar surface area (TPSA) is 30.2 Å². The Morgan fingerprint density at radius 3 is 2.20 bits per heavy atom. The number of hydrogen-bond acceptors (Lipinski definition) is 2. The first-order chi connectivity index (χ1) is 9.59. The second kappa shape index (κ2) is 4.46. The summed E-state index contributed by atoms with van der Waals surface area (Å²) in [7, 11) is 0. The highest BCUT2D eigenvalue weighted by Gasteiger charge is 2.53. The predicted octanol–water partition coefficient (Wildman–Crippen LogP) is 4.84. The molecule has 4 aliphatic rings. The fourth-order valence-electron chi connectivity index (χ4n) is 5.50. The molecule has 0 aromatic carbocycles. The lowest BCUT2D eigenvalue weighted by Gasteiger charge is -2.55. The first-order valence-electron chi connectivity index (χ1n) is 7.80. The van der Waals surface area contributed by atoms with Crippen LogP contribution in [0.5, 0.6) is 0 Å². The van der Waals surface area contributed by atoms with E-state index in [0.717, 1.165) is 29.1 Å². The number of halogens is 1. The van der Waals surface area contributed by atoms with E-state index in [1.54, 1.807) is 6.92 Å². The number of furan rings is 1. The molecule has 1 aromatic heterocycles. The Labute approximate surface area is 128 Å². The number of carbonyl (C=O) groups excluding carboxylic acids is 1. The fraction of sp³-hybridized carbons (Fsp3) is 0.706. The van der Waals surface area contributed by atoms with E-state index in [9.17, 15) is 4.79 Å². The maximum Gasteiger partial charge on any atom is 0.195 e. The average molecular weight is 337 g/mol. The Morgan fingerprint density at radius 1 is 1.25 bits per heavy atom. The molecule has 4 aliphatic carbocycles. The molecule has 108 valence electrons. The van der Waals surface area contributed by atoms with E-state index in [-0.39, 0.29) is 11.2 Å². The van der Waals surface area contributed by atoms with Crippen LogP contribution in [0.4, 0.5) is 0 Å². The summed E-state index contributed by atoms with van der Waals surface area (Å²) in [5.74, 6) is 4.44. The highest BCUT2D eigenvalue weighted by molar-refractivity contribution is 9.08. The van der Waals surface area contributed by atoms with Gasteiger partial charge in [-0.15, -0.1) is 0 Å². The summed E-state index contributed by atoms with van der Waals surface area (Å²) in [6.07, 6.45) is 8.16. The molecule has 5 rings (SSSR count). The maximum atomic E-state index is 11.8. The van der Waals surface area contributed by atoms with Crippen molar-refractivity contribution in [2.45, 2.75) is 56.2 Å². The fourth-order valence-corrected chi connectivity index (χ4v) is 5.92. The Kier molecular flexibility index (Phi) is 2.93. The summed E-state index contributed by atoms with van der Waals surface area (Å²) in [4.78, 5) is 11.8. The van der Waals surface area contributed by atoms with Crippen molar-refractivity contribution >= 4 is 21.7 Å². The first kappa shape index (κ1) is 13.1. The van der Waals surface area contributed by atoms with Crippen LogP contribution in [-0.4, -0.2) is 5.78 Å². The molecule has 0 N–H and O–H groups in total. The molecule has 20 heavy (non-hydrogen) atoms. The molecule has 0 atom stereocenters. The Balaban J connectivity index is 1.75. The lowest BCUT2D eigenvalue weighted by Crippen LogP contribution is -2.48. The summed E-state index contributed by atoms with van der Waals surface area (Å²) >= 11 is 3.49. The van der Waals surface area contributed by atoms with Gasteiger partial charge in [-0.25, -0.2) is 0 Å². The number of rotatable bonds is 3. The van der Waals surface area contributed by atoms with E-state index in [0.29, 0.717) is 11.1 Å². The van der Waals surface area contributed by atoms with E-state index < -0.39 is 0 Å². The molecular weight excluding hydrogens is 316 g/mol. The van der Waals surface area contributed by atoms with Crippen molar-refractivity contribution in [3.8, 4) is 0 Å². The summed E-state index contributed by atoms with van der Waals surface area (Å²) < 4.78 is 6.07. The van der Waals surface area contributed by atoms with Crippen LogP contribution in [0.15, 0.2) is 10.5 Å². The molecule has 0 spiro atoms. The number of ketones is 1. The van der Waals surface area contributed by atoms with E-state index in [2.05, 4.69) is 22.0 Å². The molecule has 0 radical (unpaired) electrons. The van der Waals surface area contributed by atoms with Gasteiger partial charge >= 0.3 is 0 Å². The lowest BCUT2D eigenvalue weighted by atomic mass is 9.49. The minimum atomic E-state index is 0.0513. The molecule has 0 saturated heterocycles. The monoisotopic (exact) mass is 336 g/mol. The van der Waals surface area contributed by atoms with E-state index >= 15 is 0 Å². The van der Waals surface area contributed by atoms with Gasteiger partial charge in [-0.3, -0.25) is 4.79 Å². The third kappa shape index (κ3) is 1.85. The lowest BCUT2D eigenvalue weighted by molar-refractivity contribution is -0.0154. The van der Waals surface area contributed by atoms with Crippen LogP contribution in [0.2, 0.25) is 0 Å². The SMILES string of the molecule is CC(=O)c1oc(C23CC4CC(CC(C4)C2)C3)cc1CBr. The van der Waals surface area contributed by atoms with Crippen LogP contribution in [0.25, 0.3) is 0 Å². The second-order valence-electron chi connectivity index (χ2n) is 7.35. The molecule has 0 aliphatic heterocycles. The molecule has 4 fully saturated rings. The number of alkyl halides is 1. The van der Waals surface area contributed by atoms with Crippen LogP contribution in [0.1, 0.15) is 67.3 Å². The zero-order valence-corrected chi connectivity index (χ0v) is 13.5. The summed E-state index contributed by atoms with van der Waals surface area (Å²) in [6, 6.07) is 2.17. The molecule has 1 heterocycles. The van der Waals surface area contributed by atoms with Crippen molar-refractivity contribution < 1.29 is 9.21 Å². The minimum absolute atomic E-state index is 0.0513. The van der Waals surface area contributed by atoms with Gasteiger partial charge in [0.2, 0.25) is 0 Å². The number of carbonyl (C=O) groups is 1. The molecular formula is C17H21BrO2. The van der Waals surface area contributed by atoms with Crippen LogP contribution in [-0.2, 0) is 10.7 Å². The Bertz CT molecular complexity index is 522. The molecule has 4 saturated carbocycles. The molecule has 1 aromatic rings. The van der Waals surface area contributed by atoms with Crippen LogP contribution < -0.4 is 0 Å². The summed E-state index contributed by atoms with van der Waals surface area (Å²) in [6.45, 7) is 1.61. The average Bonchev–Trinajstić information content (AvgIpc) is 2.82. The molecule has 4 bridgehead atoms. The van der Waals surface area contributed by atoms with Crippen LogP contribution >= 0.6 is 15.9 Å². The maximum absolute atomic E-state index is 11.8. The smallest absolute Gasteiger partial charge is 0.195 e. The van der Waals surface area contributed by atoms with Gasteiger partial charge in [0, 0.05) is 23.2 Å². The van der Waals surface area contributed by atoms with Crippen LogP contribution in [0, 0.1) is 17.8 Å². The van der Waals surface area contributed by atoms with Gasteiger partial charge in [0.05, 0.1) is 0 Å². The van der Waals surface area contributed by atoms with Crippen molar-refractivity contribution in [1.82, 2.24) is 0 Å². The quantitative estimate of drug-likeness (QED) is 0.583. The number of hydrogen-bond donors (Lipinski definition) is 0. The summed E-state index contributed by atoms with van der Waals surface area (Å²) in [5.41, 5.74) is 1.28. The van der Waals surface area contributed by atoms with E-state index in [4.69, 9.17) is 4.42 Å². The predicted molar refractivity (Wildman–Crippen MR) is 81.2 cm³/mol. The third-order valence-electron chi connectivity index (χ3n) is 5.83. The zero-order valence-electron chi connectivity index (χ0n) is 12.0. The zero-order chi connectivity index (χ0) is 13.9. The normalized spacial score (nSPS) is 38.4. The van der Waals surface area contributed by atoms with Crippen LogP contribution in [0.3, 0.4) is 0 Å². The van der Waals surface area contributed by atoms with Crippen molar-refractivity contribution in [3.05, 3.63) is 23.2 Å². The van der Waals surface area contributed by atoms with Gasteiger partial charge in [-0.2, -0.15) is 0 Å². The van der Waals surface area contributed by atoms with Crippen molar-refractivity contribution in [2.24, 2.45) is 17.8 Å². The summed E-state index contributed by atoms with van der Waals surface area (Å²) in [5, 5.41) is 0.706. The third-order valence-corrected chi connectivity index (χ3v) is 6.44. The molecule has 2 nitrogen and oxygen atoms in total. The van der Waals surface area contributed by atoms with Gasteiger partial charge in [0.15, 0.2) is 11.5 Å². The minimum Gasteiger partial charge on any atom is -0.457 e. The van der Waals surface area contributed by atoms with Crippen molar-refractivity contribution in [2.75, 3.05) is 0 Å². The van der Waals surface area contributed by atoms with Gasteiger partial charge in [0.25, 0.3) is 0 Å². The van der Waals surface area contributed by atoms with Gasteiger partial charge in [-0.1, -0.05) is 15.9 Å².